The van der Waals surface area contributed by atoms with Crippen LogP contribution in [-0.4, -0.2) is 19.5 Å². The maximum absolute atomic E-state index is 14.2. The van der Waals surface area contributed by atoms with E-state index in [9.17, 15) is 4.39 Å². The molecule has 0 aliphatic rings. The lowest BCUT2D eigenvalue weighted by atomic mass is 10.0. The maximum atomic E-state index is 14.2. The fourth-order valence-corrected chi connectivity index (χ4v) is 2.59. The molecule has 0 saturated carbocycles. The van der Waals surface area contributed by atoms with Gasteiger partial charge in [-0.1, -0.05) is 36.4 Å². The molecule has 23 heavy (non-hydrogen) atoms. The van der Waals surface area contributed by atoms with Crippen molar-refractivity contribution in [3.8, 4) is 16.8 Å². The van der Waals surface area contributed by atoms with E-state index in [1.54, 1.807) is 35.3 Å². The van der Waals surface area contributed by atoms with Crippen LogP contribution in [0.3, 0.4) is 0 Å². The lowest BCUT2D eigenvalue weighted by Gasteiger charge is -2.11. The summed E-state index contributed by atoms with van der Waals surface area (Å²) in [6, 6.07) is 14.2. The van der Waals surface area contributed by atoms with Crippen molar-refractivity contribution < 1.29 is 4.39 Å². The summed E-state index contributed by atoms with van der Waals surface area (Å²) in [5.74, 6) is -0.110. The number of hydrogen-bond acceptors (Lipinski definition) is 4. The second-order valence-electron chi connectivity index (χ2n) is 5.05. The lowest BCUT2D eigenvalue weighted by molar-refractivity contribution is 0.631. The molecule has 0 unspecified atom stereocenters. The van der Waals surface area contributed by atoms with Crippen molar-refractivity contribution in [2.24, 2.45) is 0 Å². The smallest absolute Gasteiger partial charge is 0.222 e. The number of nitrogens with zero attached hydrogens (tertiary/aromatic N) is 4. The number of para-hydroxylation sites is 1. The predicted molar refractivity (Wildman–Crippen MR) is 86.5 cm³/mol. The average molecular weight is 305 g/mol. The van der Waals surface area contributed by atoms with Gasteiger partial charge in [-0.05, 0) is 12.1 Å². The van der Waals surface area contributed by atoms with Crippen LogP contribution in [0.5, 0.6) is 0 Å². The number of rotatable bonds is 2. The van der Waals surface area contributed by atoms with Gasteiger partial charge in [0.15, 0.2) is 5.65 Å². The van der Waals surface area contributed by atoms with Crippen LogP contribution in [0.2, 0.25) is 0 Å². The van der Waals surface area contributed by atoms with Crippen LogP contribution in [-0.2, 0) is 0 Å². The predicted octanol–water partition coefficient (Wildman–Crippen LogP) is 3.20. The Morgan fingerprint density at radius 1 is 0.913 bits per heavy atom. The van der Waals surface area contributed by atoms with Crippen LogP contribution in [0.15, 0.2) is 61.1 Å². The summed E-state index contributed by atoms with van der Waals surface area (Å²) in [6.45, 7) is 0. The molecule has 0 radical (unpaired) electrons. The zero-order valence-corrected chi connectivity index (χ0v) is 12.0. The number of anilines is 1. The highest BCUT2D eigenvalue weighted by molar-refractivity contribution is 5.79. The van der Waals surface area contributed by atoms with Crippen molar-refractivity contribution in [2.45, 2.75) is 0 Å². The summed E-state index contributed by atoms with van der Waals surface area (Å²) >= 11 is 0. The number of halogens is 1. The molecular weight excluding hydrogens is 293 g/mol. The summed E-state index contributed by atoms with van der Waals surface area (Å²) in [5, 5.41) is 0. The van der Waals surface area contributed by atoms with Gasteiger partial charge in [0.05, 0.1) is 11.9 Å². The van der Waals surface area contributed by atoms with E-state index < -0.39 is 0 Å². The van der Waals surface area contributed by atoms with Crippen molar-refractivity contribution in [2.75, 3.05) is 5.73 Å². The molecule has 0 spiro atoms. The van der Waals surface area contributed by atoms with E-state index in [1.807, 2.05) is 24.3 Å². The number of benzene rings is 2. The molecule has 2 N–H and O–H groups in total. The Morgan fingerprint density at radius 2 is 1.65 bits per heavy atom. The third-order valence-electron chi connectivity index (χ3n) is 3.64. The largest absolute Gasteiger partial charge is 0.368 e. The molecule has 0 saturated heterocycles. The molecule has 0 aliphatic heterocycles. The van der Waals surface area contributed by atoms with Gasteiger partial charge in [-0.15, -0.1) is 0 Å². The minimum absolute atomic E-state index is 0.169. The van der Waals surface area contributed by atoms with Crippen LogP contribution in [0.4, 0.5) is 10.3 Å². The Bertz CT molecular complexity index is 1010. The zero-order valence-electron chi connectivity index (χ0n) is 12.0. The third kappa shape index (κ3) is 2.20. The molecule has 6 heteroatoms. The Kier molecular flexibility index (Phi) is 3.01. The summed E-state index contributed by atoms with van der Waals surface area (Å²) in [4.78, 5) is 12.5. The van der Waals surface area contributed by atoms with Gasteiger partial charge in [-0.2, -0.15) is 4.98 Å². The van der Waals surface area contributed by atoms with Gasteiger partial charge in [0, 0.05) is 11.1 Å². The van der Waals surface area contributed by atoms with E-state index in [1.165, 1.54) is 6.07 Å². The van der Waals surface area contributed by atoms with E-state index in [0.717, 1.165) is 11.3 Å². The summed E-state index contributed by atoms with van der Waals surface area (Å²) < 4.78 is 16.0. The van der Waals surface area contributed by atoms with E-state index in [0.29, 0.717) is 16.7 Å². The summed E-state index contributed by atoms with van der Waals surface area (Å²) in [5.41, 5.74) is 8.94. The number of nitrogen functional groups attached to an aromatic ring is 1. The van der Waals surface area contributed by atoms with Crippen LogP contribution in [0.25, 0.3) is 28.0 Å². The van der Waals surface area contributed by atoms with E-state index in [4.69, 9.17) is 5.73 Å². The molecule has 2 aromatic carbocycles. The molecule has 0 fully saturated rings. The van der Waals surface area contributed by atoms with Gasteiger partial charge >= 0.3 is 0 Å². The Morgan fingerprint density at radius 3 is 2.48 bits per heavy atom. The summed E-state index contributed by atoms with van der Waals surface area (Å²) in [6.07, 6.45) is 3.21. The number of nitrogens with two attached hydrogens (primary N) is 1. The van der Waals surface area contributed by atoms with Crippen LogP contribution < -0.4 is 5.73 Å². The van der Waals surface area contributed by atoms with Crippen LogP contribution in [0.1, 0.15) is 0 Å². The van der Waals surface area contributed by atoms with Crippen molar-refractivity contribution >= 4 is 17.1 Å². The topological polar surface area (TPSA) is 69.6 Å². The van der Waals surface area contributed by atoms with Crippen molar-refractivity contribution in [3.63, 3.8) is 0 Å². The first-order valence-electron chi connectivity index (χ1n) is 7.04. The highest BCUT2D eigenvalue weighted by Gasteiger charge is 2.13. The molecule has 4 aromatic rings. The number of hydrogen-bond donors (Lipinski definition) is 1. The standard InChI is InChI=1S/C17H12FN5/c18-13-7-3-1-5-11(13)12-6-2-4-8-15(12)23-10-21-14-9-20-17(19)22-16(14)23/h1-10H,(H2,19,20,22). The second kappa shape index (κ2) is 5.17. The first-order chi connectivity index (χ1) is 11.2. The highest BCUT2D eigenvalue weighted by Crippen LogP contribution is 2.30. The van der Waals surface area contributed by atoms with Gasteiger partial charge in [0.2, 0.25) is 5.95 Å². The molecule has 2 heterocycles. The zero-order chi connectivity index (χ0) is 15.8. The monoisotopic (exact) mass is 305 g/mol. The number of imidazole rings is 1. The summed E-state index contributed by atoms with van der Waals surface area (Å²) in [7, 11) is 0. The second-order valence-corrected chi connectivity index (χ2v) is 5.05. The molecule has 2 aromatic heterocycles. The first kappa shape index (κ1) is 13.4. The molecule has 0 aliphatic carbocycles. The van der Waals surface area contributed by atoms with Crippen molar-refractivity contribution in [3.05, 3.63) is 66.9 Å². The van der Waals surface area contributed by atoms with Gasteiger partial charge < -0.3 is 5.73 Å². The quantitative estimate of drug-likeness (QED) is 0.617. The molecule has 0 amide bonds. The van der Waals surface area contributed by atoms with Gasteiger partial charge in [0.1, 0.15) is 17.7 Å². The molecule has 0 bridgehead atoms. The fraction of sp³-hybridized carbons (Fsp3) is 0. The van der Waals surface area contributed by atoms with Crippen molar-refractivity contribution in [1.82, 2.24) is 19.5 Å². The van der Waals surface area contributed by atoms with Crippen LogP contribution >= 0.6 is 0 Å². The third-order valence-corrected chi connectivity index (χ3v) is 3.64. The van der Waals surface area contributed by atoms with Crippen molar-refractivity contribution in [1.29, 1.82) is 0 Å². The first-order valence-corrected chi connectivity index (χ1v) is 7.04. The van der Waals surface area contributed by atoms with E-state index >= 15 is 0 Å². The molecular formula is C17H12FN5. The molecule has 112 valence electrons. The minimum Gasteiger partial charge on any atom is -0.368 e. The Balaban J connectivity index is 2.00. The fourth-order valence-electron chi connectivity index (χ4n) is 2.59. The van der Waals surface area contributed by atoms with Gasteiger partial charge in [0.25, 0.3) is 0 Å². The lowest BCUT2D eigenvalue weighted by Crippen LogP contribution is -2.00. The van der Waals surface area contributed by atoms with Gasteiger partial charge in [-0.3, -0.25) is 4.57 Å². The van der Waals surface area contributed by atoms with Crippen LogP contribution in [0, 0.1) is 5.82 Å². The Labute approximate surface area is 131 Å². The molecule has 0 atom stereocenters. The number of fused-ring (bicyclic) bond motifs is 1. The normalized spacial score (nSPS) is 11.0. The highest BCUT2D eigenvalue weighted by atomic mass is 19.1. The molecule has 4 rings (SSSR count). The SMILES string of the molecule is Nc1ncc2ncn(-c3ccccc3-c3ccccc3F)c2n1. The van der Waals surface area contributed by atoms with E-state index in [2.05, 4.69) is 15.0 Å². The van der Waals surface area contributed by atoms with Gasteiger partial charge in [-0.25, -0.2) is 14.4 Å². The van der Waals surface area contributed by atoms with E-state index in [-0.39, 0.29) is 11.8 Å². The minimum atomic E-state index is -0.279. The Hall–Kier alpha value is -3.28. The maximum Gasteiger partial charge on any atom is 0.222 e. The molecule has 5 nitrogen and oxygen atoms in total. The average Bonchev–Trinajstić information content (AvgIpc) is 2.98. The number of aromatic nitrogens is 4.